The molecule has 1 rings (SSSR count). The highest BCUT2D eigenvalue weighted by molar-refractivity contribution is 8.13. The van der Waals surface area contributed by atoms with E-state index < -0.39 is 26.1 Å². The van der Waals surface area contributed by atoms with E-state index in [0.29, 0.717) is 0 Å². The Hall–Kier alpha value is -1.15. The van der Waals surface area contributed by atoms with Gasteiger partial charge in [-0.05, 0) is 0 Å². The molecule has 96 valence electrons. The molecule has 5 nitrogen and oxygen atoms in total. The first-order valence-corrected chi connectivity index (χ1v) is 6.48. The van der Waals surface area contributed by atoms with Crippen molar-refractivity contribution in [1.29, 1.82) is 0 Å². The maximum absolute atomic E-state index is 12.7. The number of pyridine rings is 1. The predicted octanol–water partition coefficient (Wildman–Crippen LogP) is 1.96. The second-order valence-electron chi connectivity index (χ2n) is 2.82. The zero-order valence-electron chi connectivity index (χ0n) is 8.78. The Labute approximate surface area is 101 Å². The first kappa shape index (κ1) is 13.9. The van der Waals surface area contributed by atoms with E-state index in [2.05, 4.69) is 14.5 Å². The highest BCUT2D eigenvalue weighted by atomic mass is 35.7. The molecular formula is C8H8ClF2NO4S. The van der Waals surface area contributed by atoms with Crippen LogP contribution in [0.4, 0.5) is 8.78 Å². The molecule has 0 aliphatic heterocycles. The molecule has 0 atom stereocenters. The van der Waals surface area contributed by atoms with E-state index in [1.807, 2.05) is 0 Å². The zero-order valence-corrected chi connectivity index (χ0v) is 10.3. The lowest BCUT2D eigenvalue weighted by Gasteiger charge is -2.11. The summed E-state index contributed by atoms with van der Waals surface area (Å²) in [7, 11) is 2.99. The molecule has 0 saturated carbocycles. The number of hydrogen-bond donors (Lipinski definition) is 0. The second kappa shape index (κ2) is 5.01. The molecule has 0 amide bonds. The third kappa shape index (κ3) is 2.95. The van der Waals surface area contributed by atoms with Gasteiger partial charge in [0.2, 0.25) is 5.88 Å². The first-order chi connectivity index (χ1) is 7.81. The SMILES string of the molecule is COc1cc(OC)c(S(=O)(=O)Cl)c(C(F)F)n1. The summed E-state index contributed by atoms with van der Waals surface area (Å²) in [5.41, 5.74) is -1.00. The molecule has 9 heteroatoms. The maximum Gasteiger partial charge on any atom is 0.281 e. The van der Waals surface area contributed by atoms with Crippen LogP contribution >= 0.6 is 10.7 Å². The Balaban J connectivity index is 3.65. The van der Waals surface area contributed by atoms with Gasteiger partial charge in [0.15, 0.2) is 4.90 Å². The molecule has 1 heterocycles. The Kier molecular flexibility index (Phi) is 4.10. The molecule has 0 aliphatic rings. The van der Waals surface area contributed by atoms with Crippen molar-refractivity contribution in [2.24, 2.45) is 0 Å². The summed E-state index contributed by atoms with van der Waals surface area (Å²) < 4.78 is 57.1. The fourth-order valence-corrected chi connectivity index (χ4v) is 2.39. The van der Waals surface area contributed by atoms with Crippen LogP contribution in [0.2, 0.25) is 0 Å². The van der Waals surface area contributed by atoms with Gasteiger partial charge in [0.1, 0.15) is 11.4 Å². The van der Waals surface area contributed by atoms with Crippen LogP contribution in [0.5, 0.6) is 11.6 Å². The van der Waals surface area contributed by atoms with Crippen molar-refractivity contribution >= 4 is 19.7 Å². The molecule has 17 heavy (non-hydrogen) atoms. The average molecular weight is 288 g/mol. The van der Waals surface area contributed by atoms with Crippen molar-refractivity contribution in [3.05, 3.63) is 11.8 Å². The topological polar surface area (TPSA) is 65.5 Å². The van der Waals surface area contributed by atoms with E-state index in [-0.39, 0.29) is 11.6 Å². The predicted molar refractivity (Wildman–Crippen MR) is 55.3 cm³/mol. The maximum atomic E-state index is 12.7. The summed E-state index contributed by atoms with van der Waals surface area (Å²) in [6.45, 7) is 0. The summed E-state index contributed by atoms with van der Waals surface area (Å²) in [5.74, 6) is -0.539. The number of hydrogen-bond acceptors (Lipinski definition) is 5. The number of methoxy groups -OCH3 is 2. The van der Waals surface area contributed by atoms with Crippen LogP contribution in [0.15, 0.2) is 11.0 Å². The molecule has 0 fully saturated rings. The quantitative estimate of drug-likeness (QED) is 0.792. The average Bonchev–Trinajstić information content (AvgIpc) is 2.25. The van der Waals surface area contributed by atoms with Crippen LogP contribution < -0.4 is 9.47 Å². The van der Waals surface area contributed by atoms with E-state index in [4.69, 9.17) is 10.7 Å². The Bertz CT molecular complexity index is 521. The third-order valence-electron chi connectivity index (χ3n) is 1.82. The standard InChI is InChI=1S/C8H8ClF2NO4S/c1-15-4-3-5(16-2)12-6(8(10)11)7(4)17(9,13)14/h3,8H,1-2H3. The minimum absolute atomic E-state index is 0.193. The molecule has 0 aliphatic carbocycles. The van der Waals surface area contributed by atoms with E-state index >= 15 is 0 Å². The Morgan fingerprint density at radius 2 is 1.94 bits per heavy atom. The van der Waals surface area contributed by atoms with Crippen LogP contribution in [0.1, 0.15) is 12.1 Å². The minimum Gasteiger partial charge on any atom is -0.495 e. The van der Waals surface area contributed by atoms with Crippen molar-refractivity contribution in [3.63, 3.8) is 0 Å². The zero-order chi connectivity index (χ0) is 13.2. The smallest absolute Gasteiger partial charge is 0.281 e. The van der Waals surface area contributed by atoms with Crippen molar-refractivity contribution < 1.29 is 26.7 Å². The summed E-state index contributed by atoms with van der Waals surface area (Å²) in [6.07, 6.45) is -3.12. The number of aromatic nitrogens is 1. The molecule has 0 N–H and O–H groups in total. The lowest BCUT2D eigenvalue weighted by molar-refractivity contribution is 0.140. The number of ether oxygens (including phenoxy) is 2. The van der Waals surface area contributed by atoms with Gasteiger partial charge in [-0.15, -0.1) is 0 Å². The minimum atomic E-state index is -4.40. The fraction of sp³-hybridized carbons (Fsp3) is 0.375. The van der Waals surface area contributed by atoms with Gasteiger partial charge in [0, 0.05) is 16.7 Å². The van der Waals surface area contributed by atoms with Crippen LogP contribution in [-0.2, 0) is 9.05 Å². The third-order valence-corrected chi connectivity index (χ3v) is 3.18. The van der Waals surface area contributed by atoms with Gasteiger partial charge in [0.05, 0.1) is 14.2 Å². The summed E-state index contributed by atoms with van der Waals surface area (Å²) >= 11 is 0. The van der Waals surface area contributed by atoms with Crippen molar-refractivity contribution in [2.75, 3.05) is 14.2 Å². The van der Waals surface area contributed by atoms with Gasteiger partial charge >= 0.3 is 0 Å². The van der Waals surface area contributed by atoms with Gasteiger partial charge in [-0.25, -0.2) is 22.2 Å². The first-order valence-electron chi connectivity index (χ1n) is 4.17. The van der Waals surface area contributed by atoms with Crippen molar-refractivity contribution in [2.45, 2.75) is 11.3 Å². The molecule has 1 aromatic rings. The Morgan fingerprint density at radius 3 is 2.29 bits per heavy atom. The molecule has 0 bridgehead atoms. The van der Waals surface area contributed by atoms with Crippen LogP contribution in [0.25, 0.3) is 0 Å². The molecule has 0 spiro atoms. The molecule has 1 aromatic heterocycles. The Morgan fingerprint density at radius 1 is 1.35 bits per heavy atom. The second-order valence-corrected chi connectivity index (χ2v) is 5.32. The van der Waals surface area contributed by atoms with Crippen LogP contribution in [-0.4, -0.2) is 27.6 Å². The fourth-order valence-electron chi connectivity index (χ4n) is 1.15. The van der Waals surface area contributed by atoms with Gasteiger partial charge in [0.25, 0.3) is 15.5 Å². The van der Waals surface area contributed by atoms with Crippen LogP contribution in [0, 0.1) is 0 Å². The van der Waals surface area contributed by atoms with E-state index in [1.54, 1.807) is 0 Å². The lowest BCUT2D eigenvalue weighted by Crippen LogP contribution is -2.06. The monoisotopic (exact) mass is 287 g/mol. The molecule has 0 unspecified atom stereocenters. The summed E-state index contributed by atoms with van der Waals surface area (Å²) in [4.78, 5) is 2.50. The molecule has 0 saturated heterocycles. The lowest BCUT2D eigenvalue weighted by atomic mass is 10.3. The summed E-state index contributed by atoms with van der Waals surface area (Å²) in [5, 5.41) is 0. The largest absolute Gasteiger partial charge is 0.495 e. The van der Waals surface area contributed by atoms with Crippen molar-refractivity contribution in [1.82, 2.24) is 4.98 Å². The molecular weight excluding hydrogens is 280 g/mol. The van der Waals surface area contributed by atoms with Gasteiger partial charge < -0.3 is 9.47 Å². The number of rotatable bonds is 4. The number of halogens is 3. The highest BCUT2D eigenvalue weighted by Crippen LogP contribution is 2.36. The highest BCUT2D eigenvalue weighted by Gasteiger charge is 2.29. The molecule has 0 aromatic carbocycles. The van der Waals surface area contributed by atoms with Gasteiger partial charge in [-0.2, -0.15) is 0 Å². The number of nitrogens with zero attached hydrogens (tertiary/aromatic N) is 1. The normalized spacial score (nSPS) is 11.6. The van der Waals surface area contributed by atoms with E-state index in [0.717, 1.165) is 13.2 Å². The van der Waals surface area contributed by atoms with Crippen LogP contribution in [0.3, 0.4) is 0 Å². The molecule has 0 radical (unpaired) electrons. The van der Waals surface area contributed by atoms with Gasteiger partial charge in [-0.3, -0.25) is 0 Å². The van der Waals surface area contributed by atoms with Gasteiger partial charge in [-0.1, -0.05) is 0 Å². The van der Waals surface area contributed by atoms with Crippen molar-refractivity contribution in [3.8, 4) is 11.6 Å². The van der Waals surface area contributed by atoms with E-state index in [1.165, 1.54) is 7.11 Å². The number of alkyl halides is 2. The summed E-state index contributed by atoms with van der Waals surface area (Å²) in [6, 6.07) is 1.06. The van der Waals surface area contributed by atoms with E-state index in [9.17, 15) is 17.2 Å².